The lowest BCUT2D eigenvalue weighted by molar-refractivity contribution is 0.593. The third-order valence-corrected chi connectivity index (χ3v) is 4.40. The number of nitrogens with zero attached hydrogens (tertiary/aromatic N) is 2. The number of nitrogens with one attached hydrogen (secondary N) is 1. The van der Waals surface area contributed by atoms with Crippen LogP contribution in [0.3, 0.4) is 0 Å². The molecule has 0 aliphatic heterocycles. The van der Waals surface area contributed by atoms with Crippen molar-refractivity contribution in [2.45, 2.75) is 33.0 Å². The number of thiazole rings is 1. The van der Waals surface area contributed by atoms with Gasteiger partial charge in [-0.25, -0.2) is 4.98 Å². The SMILES string of the molecule is CC(C)NCc1cnc(N(C)Cc2ccsc2)s1. The van der Waals surface area contributed by atoms with Gasteiger partial charge in [-0.05, 0) is 22.4 Å². The molecule has 2 rings (SSSR count). The molecule has 0 spiro atoms. The first-order valence-corrected chi connectivity index (χ1v) is 7.81. The van der Waals surface area contributed by atoms with E-state index in [1.54, 1.807) is 22.7 Å². The molecule has 0 saturated carbocycles. The number of anilines is 1. The molecule has 0 aliphatic carbocycles. The molecule has 0 aromatic carbocycles. The van der Waals surface area contributed by atoms with Gasteiger partial charge in [-0.2, -0.15) is 11.3 Å². The molecule has 0 bridgehead atoms. The van der Waals surface area contributed by atoms with Crippen LogP contribution in [0.5, 0.6) is 0 Å². The van der Waals surface area contributed by atoms with Crippen molar-refractivity contribution in [3.63, 3.8) is 0 Å². The Morgan fingerprint density at radius 1 is 1.44 bits per heavy atom. The van der Waals surface area contributed by atoms with Crippen molar-refractivity contribution in [3.05, 3.63) is 33.5 Å². The Balaban J connectivity index is 1.92. The molecule has 5 heteroatoms. The molecule has 0 radical (unpaired) electrons. The molecule has 18 heavy (non-hydrogen) atoms. The minimum Gasteiger partial charge on any atom is -0.347 e. The zero-order valence-corrected chi connectivity index (χ0v) is 12.6. The normalized spacial score (nSPS) is 11.1. The van der Waals surface area contributed by atoms with Gasteiger partial charge in [-0.1, -0.05) is 13.8 Å². The highest BCUT2D eigenvalue weighted by atomic mass is 32.1. The molecule has 0 saturated heterocycles. The van der Waals surface area contributed by atoms with Crippen molar-refractivity contribution < 1.29 is 0 Å². The fourth-order valence-electron chi connectivity index (χ4n) is 1.58. The molecule has 0 atom stereocenters. The van der Waals surface area contributed by atoms with Crippen LogP contribution in [0, 0.1) is 0 Å². The fraction of sp³-hybridized carbons (Fsp3) is 0.462. The predicted molar refractivity (Wildman–Crippen MR) is 80.5 cm³/mol. The third-order valence-electron chi connectivity index (χ3n) is 2.55. The number of hydrogen-bond acceptors (Lipinski definition) is 5. The van der Waals surface area contributed by atoms with Crippen molar-refractivity contribution in [3.8, 4) is 0 Å². The maximum absolute atomic E-state index is 4.48. The smallest absolute Gasteiger partial charge is 0.185 e. The minimum absolute atomic E-state index is 0.513. The van der Waals surface area contributed by atoms with Gasteiger partial charge in [0.1, 0.15) is 0 Å². The summed E-state index contributed by atoms with van der Waals surface area (Å²) in [6.45, 7) is 6.14. The standard InChI is InChI=1S/C13H19N3S2/c1-10(2)14-6-12-7-15-13(18-12)16(3)8-11-4-5-17-9-11/h4-5,7,9-10,14H,6,8H2,1-3H3. The van der Waals surface area contributed by atoms with Crippen LogP contribution in [0.15, 0.2) is 23.0 Å². The second-order valence-corrected chi connectivity index (χ2v) is 6.51. The summed E-state index contributed by atoms with van der Waals surface area (Å²) in [5, 5.41) is 8.80. The molecular weight excluding hydrogens is 262 g/mol. The van der Waals surface area contributed by atoms with Gasteiger partial charge >= 0.3 is 0 Å². The molecule has 98 valence electrons. The second kappa shape index (κ2) is 6.31. The molecule has 2 aromatic rings. The Hall–Kier alpha value is -0.910. The minimum atomic E-state index is 0.513. The van der Waals surface area contributed by atoms with Gasteiger partial charge in [0.25, 0.3) is 0 Å². The highest BCUT2D eigenvalue weighted by molar-refractivity contribution is 7.15. The van der Waals surface area contributed by atoms with Crippen LogP contribution in [-0.2, 0) is 13.1 Å². The number of rotatable bonds is 6. The van der Waals surface area contributed by atoms with Gasteiger partial charge in [0.15, 0.2) is 5.13 Å². The van der Waals surface area contributed by atoms with Gasteiger partial charge in [0, 0.05) is 37.3 Å². The van der Waals surface area contributed by atoms with Crippen molar-refractivity contribution >= 4 is 27.8 Å². The fourth-order valence-corrected chi connectivity index (χ4v) is 3.07. The largest absolute Gasteiger partial charge is 0.347 e. The van der Waals surface area contributed by atoms with E-state index in [2.05, 4.69) is 52.9 Å². The van der Waals surface area contributed by atoms with E-state index in [1.165, 1.54) is 10.4 Å². The van der Waals surface area contributed by atoms with E-state index in [4.69, 9.17) is 0 Å². The van der Waals surface area contributed by atoms with Crippen LogP contribution in [0.25, 0.3) is 0 Å². The lowest BCUT2D eigenvalue weighted by Gasteiger charge is -2.14. The summed E-state index contributed by atoms with van der Waals surface area (Å²) < 4.78 is 0. The third kappa shape index (κ3) is 3.80. The first-order chi connectivity index (χ1) is 8.65. The van der Waals surface area contributed by atoms with Gasteiger partial charge in [0.05, 0.1) is 0 Å². The van der Waals surface area contributed by atoms with E-state index < -0.39 is 0 Å². The van der Waals surface area contributed by atoms with Crippen molar-refractivity contribution in [1.82, 2.24) is 10.3 Å². The molecule has 1 N–H and O–H groups in total. The molecule has 0 fully saturated rings. The summed E-state index contributed by atoms with van der Waals surface area (Å²) in [7, 11) is 2.09. The average Bonchev–Trinajstić information content (AvgIpc) is 2.96. The molecule has 2 aromatic heterocycles. The molecule has 0 unspecified atom stereocenters. The summed E-state index contributed by atoms with van der Waals surface area (Å²) in [6, 6.07) is 2.68. The van der Waals surface area contributed by atoms with Gasteiger partial charge in [-0.3, -0.25) is 0 Å². The van der Waals surface area contributed by atoms with Crippen molar-refractivity contribution in [1.29, 1.82) is 0 Å². The van der Waals surface area contributed by atoms with E-state index in [0.717, 1.165) is 18.2 Å². The Kier molecular flexibility index (Phi) is 4.74. The zero-order valence-electron chi connectivity index (χ0n) is 11.0. The highest BCUT2D eigenvalue weighted by Crippen LogP contribution is 2.23. The number of hydrogen-bond donors (Lipinski definition) is 1. The van der Waals surface area contributed by atoms with E-state index in [-0.39, 0.29) is 0 Å². The van der Waals surface area contributed by atoms with E-state index in [0.29, 0.717) is 6.04 Å². The Morgan fingerprint density at radius 3 is 2.94 bits per heavy atom. The van der Waals surface area contributed by atoms with Gasteiger partial charge in [-0.15, -0.1) is 11.3 Å². The van der Waals surface area contributed by atoms with Gasteiger partial charge < -0.3 is 10.2 Å². The number of aromatic nitrogens is 1. The summed E-state index contributed by atoms with van der Waals surface area (Å²) in [5.74, 6) is 0. The van der Waals surface area contributed by atoms with E-state index >= 15 is 0 Å². The lowest BCUT2D eigenvalue weighted by atomic mass is 10.3. The molecule has 3 nitrogen and oxygen atoms in total. The maximum Gasteiger partial charge on any atom is 0.185 e. The first-order valence-electron chi connectivity index (χ1n) is 6.05. The van der Waals surface area contributed by atoms with Crippen LogP contribution < -0.4 is 10.2 Å². The first kappa shape index (κ1) is 13.5. The molecule has 0 amide bonds. The molecule has 0 aliphatic rings. The van der Waals surface area contributed by atoms with Crippen LogP contribution in [0.1, 0.15) is 24.3 Å². The topological polar surface area (TPSA) is 28.2 Å². The molecular formula is C13H19N3S2. The van der Waals surface area contributed by atoms with Crippen molar-refractivity contribution in [2.75, 3.05) is 11.9 Å². The highest BCUT2D eigenvalue weighted by Gasteiger charge is 2.08. The summed E-state index contributed by atoms with van der Waals surface area (Å²) in [6.07, 6.45) is 1.97. The monoisotopic (exact) mass is 281 g/mol. The quantitative estimate of drug-likeness (QED) is 0.880. The van der Waals surface area contributed by atoms with Crippen LogP contribution in [-0.4, -0.2) is 18.1 Å². The van der Waals surface area contributed by atoms with Crippen LogP contribution in [0.4, 0.5) is 5.13 Å². The van der Waals surface area contributed by atoms with E-state index in [9.17, 15) is 0 Å². The Bertz CT molecular complexity index is 462. The maximum atomic E-state index is 4.48. The van der Waals surface area contributed by atoms with Crippen molar-refractivity contribution in [2.24, 2.45) is 0 Å². The zero-order chi connectivity index (χ0) is 13.0. The number of thiophene rings is 1. The Labute approximate surface area is 116 Å². The summed E-state index contributed by atoms with van der Waals surface area (Å²) >= 11 is 3.50. The van der Waals surface area contributed by atoms with Gasteiger partial charge in [0.2, 0.25) is 0 Å². The van der Waals surface area contributed by atoms with E-state index in [1.807, 2.05) is 6.20 Å². The molecule has 2 heterocycles. The predicted octanol–water partition coefficient (Wildman–Crippen LogP) is 3.34. The summed E-state index contributed by atoms with van der Waals surface area (Å²) in [4.78, 5) is 7.97. The second-order valence-electron chi connectivity index (χ2n) is 4.63. The Morgan fingerprint density at radius 2 is 2.28 bits per heavy atom. The summed E-state index contributed by atoms with van der Waals surface area (Å²) in [5.41, 5.74) is 1.35. The van der Waals surface area contributed by atoms with Crippen LogP contribution >= 0.6 is 22.7 Å². The van der Waals surface area contributed by atoms with Crippen LogP contribution in [0.2, 0.25) is 0 Å². The average molecular weight is 281 g/mol. The lowest BCUT2D eigenvalue weighted by Crippen LogP contribution is -2.21.